The molecule has 0 atom stereocenters. The maximum Gasteiger partial charge on any atom is 0.273 e. The Morgan fingerprint density at radius 1 is 1.13 bits per heavy atom. The summed E-state index contributed by atoms with van der Waals surface area (Å²) in [6.07, 6.45) is 0. The number of methoxy groups -OCH3 is 1. The van der Waals surface area contributed by atoms with E-state index in [1.165, 1.54) is 19.2 Å². The van der Waals surface area contributed by atoms with Gasteiger partial charge in [0.15, 0.2) is 5.11 Å². The van der Waals surface area contributed by atoms with Crippen LogP contribution in [0, 0.1) is 24.0 Å². The zero-order chi connectivity index (χ0) is 17.0. The molecular weight excluding hydrogens is 314 g/mol. The highest BCUT2D eigenvalue weighted by Gasteiger charge is 2.12. The summed E-state index contributed by atoms with van der Waals surface area (Å²) in [5.74, 6) is 0.351. The number of nitrogens with one attached hydrogen (secondary N) is 2. The molecule has 0 radical (unpaired) electrons. The third-order valence-corrected chi connectivity index (χ3v) is 3.49. The first-order valence-corrected chi connectivity index (χ1v) is 7.29. The van der Waals surface area contributed by atoms with E-state index >= 15 is 0 Å². The van der Waals surface area contributed by atoms with Crippen LogP contribution in [-0.2, 0) is 0 Å². The lowest BCUT2D eigenvalue weighted by Gasteiger charge is -2.15. The van der Waals surface area contributed by atoms with Crippen LogP contribution in [0.4, 0.5) is 17.1 Å². The lowest BCUT2D eigenvalue weighted by molar-refractivity contribution is -0.384. The van der Waals surface area contributed by atoms with Crippen LogP contribution in [0.25, 0.3) is 0 Å². The SMILES string of the molecule is COc1cc([N+](=O)[O-])ccc1NC(=S)Nc1cc(C)ccc1C. The predicted octanol–water partition coefficient (Wildman–Crippen LogP) is 4.03. The zero-order valence-electron chi connectivity index (χ0n) is 13.0. The summed E-state index contributed by atoms with van der Waals surface area (Å²) >= 11 is 5.30. The Bertz CT molecular complexity index is 762. The fourth-order valence-corrected chi connectivity index (χ4v) is 2.26. The molecule has 0 aliphatic carbocycles. The Balaban J connectivity index is 2.17. The Morgan fingerprint density at radius 3 is 2.48 bits per heavy atom. The molecule has 0 aliphatic rings. The molecular formula is C16H17N3O3S. The standard InChI is InChI=1S/C16H17N3O3S/c1-10-4-5-11(2)14(8-10)18-16(23)17-13-7-6-12(19(20)21)9-15(13)22-3/h4-9H,1-3H3,(H2,17,18,23). The molecule has 0 spiro atoms. The summed E-state index contributed by atoms with van der Waals surface area (Å²) in [5.41, 5.74) is 3.61. The first-order valence-electron chi connectivity index (χ1n) is 6.88. The Hall–Kier alpha value is -2.67. The average molecular weight is 331 g/mol. The molecule has 6 nitrogen and oxygen atoms in total. The maximum absolute atomic E-state index is 10.8. The lowest BCUT2D eigenvalue weighted by atomic mass is 10.1. The molecule has 0 amide bonds. The molecule has 0 fully saturated rings. The molecule has 7 heteroatoms. The molecule has 0 aromatic heterocycles. The minimum absolute atomic E-state index is 0.0409. The van der Waals surface area contributed by atoms with E-state index in [2.05, 4.69) is 10.6 Å². The third-order valence-electron chi connectivity index (χ3n) is 3.29. The van der Waals surface area contributed by atoms with Crippen LogP contribution in [0.3, 0.4) is 0 Å². The summed E-state index contributed by atoms with van der Waals surface area (Å²) in [6.45, 7) is 3.98. The van der Waals surface area contributed by atoms with Crippen molar-refractivity contribution in [3.63, 3.8) is 0 Å². The number of aryl methyl sites for hydroxylation is 2. The van der Waals surface area contributed by atoms with Gasteiger partial charge in [-0.15, -0.1) is 0 Å². The van der Waals surface area contributed by atoms with Crippen molar-refractivity contribution in [2.45, 2.75) is 13.8 Å². The highest BCUT2D eigenvalue weighted by atomic mass is 32.1. The number of nitro groups is 1. The molecule has 120 valence electrons. The van der Waals surface area contributed by atoms with Gasteiger partial charge < -0.3 is 15.4 Å². The van der Waals surface area contributed by atoms with E-state index in [0.29, 0.717) is 16.5 Å². The van der Waals surface area contributed by atoms with E-state index in [0.717, 1.165) is 16.8 Å². The minimum atomic E-state index is -0.473. The Kier molecular flexibility index (Phi) is 5.13. The van der Waals surface area contributed by atoms with Crippen molar-refractivity contribution in [1.82, 2.24) is 0 Å². The van der Waals surface area contributed by atoms with Crippen molar-refractivity contribution in [2.75, 3.05) is 17.7 Å². The van der Waals surface area contributed by atoms with Gasteiger partial charge in [-0.3, -0.25) is 10.1 Å². The molecule has 2 aromatic rings. The first-order chi connectivity index (χ1) is 10.9. The van der Waals surface area contributed by atoms with Gasteiger partial charge in [-0.05, 0) is 49.3 Å². The van der Waals surface area contributed by atoms with Gasteiger partial charge in [0.2, 0.25) is 0 Å². The monoisotopic (exact) mass is 331 g/mol. The van der Waals surface area contributed by atoms with E-state index in [1.54, 1.807) is 6.07 Å². The van der Waals surface area contributed by atoms with Crippen molar-refractivity contribution in [3.8, 4) is 5.75 Å². The highest BCUT2D eigenvalue weighted by molar-refractivity contribution is 7.80. The van der Waals surface area contributed by atoms with Crippen LogP contribution in [-0.4, -0.2) is 17.1 Å². The second-order valence-corrected chi connectivity index (χ2v) is 5.45. The van der Waals surface area contributed by atoms with Crippen LogP contribution in [0.15, 0.2) is 36.4 Å². The zero-order valence-corrected chi connectivity index (χ0v) is 13.9. The van der Waals surface area contributed by atoms with E-state index in [9.17, 15) is 10.1 Å². The number of benzene rings is 2. The van der Waals surface area contributed by atoms with Gasteiger partial charge in [0.05, 0.1) is 23.8 Å². The average Bonchev–Trinajstić information content (AvgIpc) is 2.51. The quantitative estimate of drug-likeness (QED) is 0.500. The number of thiocarbonyl (C=S) groups is 1. The van der Waals surface area contributed by atoms with Crippen molar-refractivity contribution in [1.29, 1.82) is 0 Å². The van der Waals surface area contributed by atoms with Gasteiger partial charge in [-0.25, -0.2) is 0 Å². The number of nitro benzene ring substituents is 1. The lowest BCUT2D eigenvalue weighted by Crippen LogP contribution is -2.20. The number of nitrogens with zero attached hydrogens (tertiary/aromatic N) is 1. The summed E-state index contributed by atoms with van der Waals surface area (Å²) in [7, 11) is 1.45. The first kappa shape index (κ1) is 16.7. The van der Waals surface area contributed by atoms with Crippen LogP contribution < -0.4 is 15.4 Å². The summed E-state index contributed by atoms with van der Waals surface area (Å²) < 4.78 is 5.18. The number of anilines is 2. The Morgan fingerprint density at radius 2 is 1.83 bits per heavy atom. The fourth-order valence-electron chi connectivity index (χ4n) is 2.04. The van der Waals surface area contributed by atoms with Crippen molar-refractivity contribution >= 4 is 34.4 Å². The topological polar surface area (TPSA) is 76.4 Å². The van der Waals surface area contributed by atoms with Gasteiger partial charge in [0.1, 0.15) is 5.75 Å². The van der Waals surface area contributed by atoms with E-state index in [1.807, 2.05) is 32.0 Å². The van der Waals surface area contributed by atoms with Gasteiger partial charge in [-0.2, -0.15) is 0 Å². The third kappa shape index (κ3) is 4.17. The summed E-state index contributed by atoms with van der Waals surface area (Å²) in [6, 6.07) is 10.3. The smallest absolute Gasteiger partial charge is 0.273 e. The number of rotatable bonds is 4. The molecule has 0 saturated carbocycles. The molecule has 2 rings (SSSR count). The number of hydrogen-bond donors (Lipinski definition) is 2. The fraction of sp³-hybridized carbons (Fsp3) is 0.188. The van der Waals surface area contributed by atoms with Gasteiger partial charge in [0, 0.05) is 11.8 Å². The van der Waals surface area contributed by atoms with Crippen LogP contribution in [0.2, 0.25) is 0 Å². The number of hydrogen-bond acceptors (Lipinski definition) is 4. The molecule has 0 saturated heterocycles. The van der Waals surface area contributed by atoms with Crippen molar-refractivity contribution in [2.24, 2.45) is 0 Å². The summed E-state index contributed by atoms with van der Waals surface area (Å²) in [4.78, 5) is 10.3. The number of ether oxygens (including phenoxy) is 1. The number of non-ortho nitro benzene ring substituents is 1. The van der Waals surface area contributed by atoms with Gasteiger partial charge in [-0.1, -0.05) is 12.1 Å². The van der Waals surface area contributed by atoms with E-state index in [-0.39, 0.29) is 5.69 Å². The van der Waals surface area contributed by atoms with Gasteiger partial charge >= 0.3 is 0 Å². The van der Waals surface area contributed by atoms with Crippen molar-refractivity contribution in [3.05, 3.63) is 57.6 Å². The molecule has 0 aliphatic heterocycles. The van der Waals surface area contributed by atoms with Crippen molar-refractivity contribution < 1.29 is 9.66 Å². The second kappa shape index (κ2) is 7.06. The van der Waals surface area contributed by atoms with E-state index < -0.39 is 4.92 Å². The molecule has 23 heavy (non-hydrogen) atoms. The molecule has 2 N–H and O–H groups in total. The van der Waals surface area contributed by atoms with Crippen LogP contribution in [0.1, 0.15) is 11.1 Å². The molecule has 0 heterocycles. The molecule has 0 unspecified atom stereocenters. The predicted molar refractivity (Wildman–Crippen MR) is 95.4 cm³/mol. The minimum Gasteiger partial charge on any atom is -0.494 e. The maximum atomic E-state index is 10.8. The van der Waals surface area contributed by atoms with E-state index in [4.69, 9.17) is 17.0 Å². The summed E-state index contributed by atoms with van der Waals surface area (Å²) in [5, 5.41) is 17.3. The normalized spacial score (nSPS) is 10.0. The van der Waals surface area contributed by atoms with Gasteiger partial charge in [0.25, 0.3) is 5.69 Å². The Labute approximate surface area is 139 Å². The largest absolute Gasteiger partial charge is 0.494 e. The molecule has 0 bridgehead atoms. The highest BCUT2D eigenvalue weighted by Crippen LogP contribution is 2.29. The molecule has 2 aromatic carbocycles. The second-order valence-electron chi connectivity index (χ2n) is 5.04. The van der Waals surface area contributed by atoms with Crippen LogP contribution in [0.5, 0.6) is 5.75 Å². The van der Waals surface area contributed by atoms with Crippen LogP contribution >= 0.6 is 12.2 Å².